The van der Waals surface area contributed by atoms with Crippen LogP contribution in [0.3, 0.4) is 0 Å². The predicted octanol–water partition coefficient (Wildman–Crippen LogP) is 0.301. The van der Waals surface area contributed by atoms with E-state index in [9.17, 15) is 4.79 Å². The molecule has 3 heterocycles. The lowest BCUT2D eigenvalue weighted by Gasteiger charge is -2.44. The van der Waals surface area contributed by atoms with Crippen molar-refractivity contribution < 1.29 is 0 Å². The topological polar surface area (TPSA) is 61.0 Å². The van der Waals surface area contributed by atoms with Gasteiger partial charge in [-0.3, -0.25) is 4.79 Å². The maximum atomic E-state index is 12.0. The van der Waals surface area contributed by atoms with Crippen LogP contribution in [-0.2, 0) is 0 Å². The van der Waals surface area contributed by atoms with Crippen molar-refractivity contribution in [2.75, 3.05) is 24.5 Å². The van der Waals surface area contributed by atoms with Crippen molar-refractivity contribution in [1.82, 2.24) is 15.3 Å². The summed E-state index contributed by atoms with van der Waals surface area (Å²) in [7, 11) is 0. The van der Waals surface area contributed by atoms with Crippen molar-refractivity contribution >= 4 is 5.82 Å². The Morgan fingerprint density at radius 3 is 2.94 bits per heavy atom. The van der Waals surface area contributed by atoms with Gasteiger partial charge in [0.15, 0.2) is 5.82 Å². The number of aromatic amines is 1. The van der Waals surface area contributed by atoms with E-state index in [1.165, 1.54) is 0 Å². The molecule has 0 aliphatic carbocycles. The third-order valence-electron chi connectivity index (χ3n) is 3.82. The first-order chi connectivity index (χ1) is 8.16. The highest BCUT2D eigenvalue weighted by Gasteiger charge is 2.43. The lowest BCUT2D eigenvalue weighted by Crippen LogP contribution is -2.57. The third kappa shape index (κ3) is 1.65. The Kier molecular flexibility index (Phi) is 2.43. The van der Waals surface area contributed by atoms with Crippen LogP contribution in [-0.4, -0.2) is 35.6 Å². The Balaban J connectivity index is 1.87. The number of anilines is 1. The van der Waals surface area contributed by atoms with Crippen LogP contribution < -0.4 is 15.8 Å². The summed E-state index contributed by atoms with van der Waals surface area (Å²) in [6.07, 6.45) is 1.79. The molecule has 5 nitrogen and oxygen atoms in total. The molecule has 1 aromatic heterocycles. The number of rotatable bonds is 2. The first-order valence-electron chi connectivity index (χ1n) is 6.23. The SMILES string of the molecule is CC(C)c1cnc(N2CC3CNCC32)c(=O)[nH]1. The standard InChI is InChI=1S/C12H18N4O/c1-7(2)9-4-14-11(12(17)15-9)16-6-8-3-13-5-10(8)16/h4,7-8,10,13H,3,5-6H2,1-2H3,(H,15,17). The van der Waals surface area contributed by atoms with Gasteiger partial charge in [0.2, 0.25) is 0 Å². The van der Waals surface area contributed by atoms with Crippen molar-refractivity contribution in [3.63, 3.8) is 0 Å². The molecule has 0 saturated carbocycles. The normalized spacial score (nSPS) is 27.1. The summed E-state index contributed by atoms with van der Waals surface area (Å²) in [6, 6.07) is 0.466. The van der Waals surface area contributed by atoms with Crippen LogP contribution in [0, 0.1) is 5.92 Å². The molecule has 3 rings (SSSR count). The summed E-state index contributed by atoms with van der Waals surface area (Å²) in [4.78, 5) is 21.4. The van der Waals surface area contributed by atoms with Crippen LogP contribution in [0.1, 0.15) is 25.5 Å². The Morgan fingerprint density at radius 1 is 1.47 bits per heavy atom. The number of fused-ring (bicyclic) bond motifs is 1. The molecule has 17 heavy (non-hydrogen) atoms. The van der Waals surface area contributed by atoms with Crippen LogP contribution in [0.2, 0.25) is 0 Å². The molecule has 92 valence electrons. The number of nitrogens with one attached hydrogen (secondary N) is 2. The fraction of sp³-hybridized carbons (Fsp3) is 0.667. The summed E-state index contributed by atoms with van der Waals surface area (Å²) in [5, 5.41) is 3.35. The van der Waals surface area contributed by atoms with Gasteiger partial charge in [0.25, 0.3) is 5.56 Å². The van der Waals surface area contributed by atoms with Gasteiger partial charge in [-0.2, -0.15) is 0 Å². The van der Waals surface area contributed by atoms with E-state index < -0.39 is 0 Å². The minimum atomic E-state index is -0.0541. The number of hydrogen-bond acceptors (Lipinski definition) is 4. The number of hydrogen-bond donors (Lipinski definition) is 2. The molecule has 2 saturated heterocycles. The second-order valence-corrected chi connectivity index (χ2v) is 5.28. The van der Waals surface area contributed by atoms with Crippen molar-refractivity contribution in [3.8, 4) is 0 Å². The maximum absolute atomic E-state index is 12.0. The Hall–Kier alpha value is -1.36. The first-order valence-corrected chi connectivity index (χ1v) is 6.23. The van der Waals surface area contributed by atoms with Crippen LogP contribution in [0.25, 0.3) is 0 Å². The van der Waals surface area contributed by atoms with Crippen molar-refractivity contribution in [2.45, 2.75) is 25.8 Å². The zero-order chi connectivity index (χ0) is 12.0. The van der Waals surface area contributed by atoms with Gasteiger partial charge in [-0.15, -0.1) is 0 Å². The summed E-state index contributed by atoms with van der Waals surface area (Å²) < 4.78 is 0. The molecular weight excluding hydrogens is 216 g/mol. The maximum Gasteiger partial charge on any atom is 0.291 e. The lowest BCUT2D eigenvalue weighted by molar-refractivity contribution is 0.361. The Bertz CT molecular complexity index is 482. The second-order valence-electron chi connectivity index (χ2n) is 5.28. The van der Waals surface area contributed by atoms with Gasteiger partial charge in [-0.05, 0) is 5.92 Å². The van der Waals surface area contributed by atoms with E-state index in [1.54, 1.807) is 6.20 Å². The summed E-state index contributed by atoms with van der Waals surface area (Å²) in [5.74, 6) is 1.59. The largest absolute Gasteiger partial charge is 0.347 e. The van der Waals surface area contributed by atoms with Gasteiger partial charge in [-0.1, -0.05) is 13.8 Å². The number of nitrogens with zero attached hydrogens (tertiary/aromatic N) is 2. The fourth-order valence-corrected chi connectivity index (χ4v) is 2.67. The molecule has 2 aliphatic heterocycles. The minimum Gasteiger partial charge on any atom is -0.347 e. The molecule has 2 atom stereocenters. The second kappa shape index (κ2) is 3.84. The van der Waals surface area contributed by atoms with E-state index in [0.717, 1.165) is 25.3 Å². The van der Waals surface area contributed by atoms with Crippen molar-refractivity contribution in [2.24, 2.45) is 5.92 Å². The Morgan fingerprint density at radius 2 is 2.29 bits per heavy atom. The number of aromatic nitrogens is 2. The van der Waals surface area contributed by atoms with Crippen LogP contribution in [0.15, 0.2) is 11.0 Å². The van der Waals surface area contributed by atoms with Gasteiger partial charge in [0, 0.05) is 43.5 Å². The molecule has 0 spiro atoms. The van der Waals surface area contributed by atoms with E-state index in [2.05, 4.69) is 20.2 Å². The van der Waals surface area contributed by atoms with Gasteiger partial charge in [0.05, 0.1) is 0 Å². The Labute approximate surface area is 100 Å². The highest BCUT2D eigenvalue weighted by Crippen LogP contribution is 2.30. The van der Waals surface area contributed by atoms with Crippen LogP contribution >= 0.6 is 0 Å². The molecule has 0 bridgehead atoms. The molecule has 0 aromatic carbocycles. The highest BCUT2D eigenvalue weighted by molar-refractivity contribution is 5.43. The molecular formula is C12H18N4O. The summed E-state index contributed by atoms with van der Waals surface area (Å²) in [6.45, 7) is 7.09. The summed E-state index contributed by atoms with van der Waals surface area (Å²) in [5.41, 5.74) is 0.849. The zero-order valence-corrected chi connectivity index (χ0v) is 10.2. The fourth-order valence-electron chi connectivity index (χ4n) is 2.67. The molecule has 5 heteroatoms. The van der Waals surface area contributed by atoms with Gasteiger partial charge >= 0.3 is 0 Å². The summed E-state index contributed by atoms with van der Waals surface area (Å²) >= 11 is 0. The molecule has 2 fully saturated rings. The lowest BCUT2D eigenvalue weighted by atomic mass is 9.92. The van der Waals surface area contributed by atoms with E-state index in [1.807, 2.05) is 13.8 Å². The van der Waals surface area contributed by atoms with E-state index >= 15 is 0 Å². The van der Waals surface area contributed by atoms with Crippen molar-refractivity contribution in [1.29, 1.82) is 0 Å². The first kappa shape index (κ1) is 10.8. The smallest absolute Gasteiger partial charge is 0.291 e. The predicted molar refractivity (Wildman–Crippen MR) is 66.4 cm³/mol. The van der Waals surface area contributed by atoms with Crippen LogP contribution in [0.4, 0.5) is 5.82 Å². The van der Waals surface area contributed by atoms with Gasteiger partial charge < -0.3 is 15.2 Å². The quantitative estimate of drug-likeness (QED) is 0.772. The molecule has 2 unspecified atom stereocenters. The highest BCUT2D eigenvalue weighted by atomic mass is 16.1. The molecule has 2 N–H and O–H groups in total. The average molecular weight is 234 g/mol. The monoisotopic (exact) mass is 234 g/mol. The van der Waals surface area contributed by atoms with Crippen molar-refractivity contribution in [3.05, 3.63) is 22.2 Å². The molecule has 0 radical (unpaired) electrons. The average Bonchev–Trinajstić information content (AvgIpc) is 2.62. The molecule has 1 aromatic rings. The van der Waals surface area contributed by atoms with Gasteiger partial charge in [0.1, 0.15) is 0 Å². The molecule has 0 amide bonds. The molecule has 2 aliphatic rings. The van der Waals surface area contributed by atoms with E-state index in [4.69, 9.17) is 0 Å². The number of H-pyrrole nitrogens is 1. The van der Waals surface area contributed by atoms with Gasteiger partial charge in [-0.25, -0.2) is 4.98 Å². The van der Waals surface area contributed by atoms with E-state index in [0.29, 0.717) is 23.7 Å². The van der Waals surface area contributed by atoms with Crippen LogP contribution in [0.5, 0.6) is 0 Å². The minimum absolute atomic E-state index is 0.0541. The van der Waals surface area contributed by atoms with E-state index in [-0.39, 0.29) is 5.56 Å². The zero-order valence-electron chi connectivity index (χ0n) is 10.2. The third-order valence-corrected chi connectivity index (χ3v) is 3.82.